The second-order valence-electron chi connectivity index (χ2n) is 6.93. The van der Waals surface area contributed by atoms with Crippen molar-refractivity contribution in [1.29, 1.82) is 0 Å². The summed E-state index contributed by atoms with van der Waals surface area (Å²) in [6, 6.07) is 10.3. The van der Waals surface area contributed by atoms with Crippen LogP contribution in [0.1, 0.15) is 42.0 Å². The molecule has 2 N–H and O–H groups in total. The monoisotopic (exact) mass is 523 g/mol. The molecular weight excluding hydrogens is 493 g/mol. The molecule has 0 bridgehead atoms. The highest BCUT2D eigenvalue weighted by atomic mass is 127. The number of guanidine groups is 1. The molecule has 2 aromatic heterocycles. The average molecular weight is 523 g/mol. The van der Waals surface area contributed by atoms with Crippen LogP contribution < -0.4 is 10.6 Å². The first kappa shape index (κ1) is 23.8. The molecule has 0 saturated carbocycles. The van der Waals surface area contributed by atoms with E-state index in [1.165, 1.54) is 0 Å². The van der Waals surface area contributed by atoms with Gasteiger partial charge in [0.2, 0.25) is 5.89 Å². The Kier molecular flexibility index (Phi) is 9.28. The summed E-state index contributed by atoms with van der Waals surface area (Å²) in [6.45, 7) is 10.1. The van der Waals surface area contributed by atoms with Crippen LogP contribution in [-0.4, -0.2) is 39.0 Å². The maximum atomic E-state index is 5.15. The molecule has 30 heavy (non-hydrogen) atoms. The van der Waals surface area contributed by atoms with Crippen molar-refractivity contribution in [3.8, 4) is 5.69 Å². The van der Waals surface area contributed by atoms with Crippen LogP contribution in [0.15, 0.2) is 39.8 Å². The molecule has 1 aromatic carbocycles. The summed E-state index contributed by atoms with van der Waals surface area (Å²) in [4.78, 5) is 8.98. The van der Waals surface area contributed by atoms with Crippen molar-refractivity contribution in [2.24, 2.45) is 4.99 Å². The first-order valence-corrected chi connectivity index (χ1v) is 9.99. The fourth-order valence-electron chi connectivity index (χ4n) is 3.12. The Morgan fingerprint density at radius 3 is 2.63 bits per heavy atom. The molecule has 0 radical (unpaired) electrons. The lowest BCUT2D eigenvalue weighted by atomic mass is 10.2. The molecule has 0 aliphatic carbocycles. The minimum absolute atomic E-state index is 0. The molecule has 0 amide bonds. The van der Waals surface area contributed by atoms with Crippen molar-refractivity contribution in [3.05, 3.63) is 59.0 Å². The average Bonchev–Trinajstić information content (AvgIpc) is 3.27. The summed E-state index contributed by atoms with van der Waals surface area (Å²) in [6.07, 6.45) is 1.63. The Hall–Kier alpha value is -2.43. The lowest BCUT2D eigenvalue weighted by Crippen LogP contribution is -2.37. The summed E-state index contributed by atoms with van der Waals surface area (Å²) in [5.41, 5.74) is 4.30. The molecule has 0 unspecified atom stereocenters. The van der Waals surface area contributed by atoms with Crippen LogP contribution in [0, 0.1) is 20.8 Å². The summed E-state index contributed by atoms with van der Waals surface area (Å²) in [7, 11) is 0. The lowest BCUT2D eigenvalue weighted by molar-refractivity contribution is 0.372. The first-order chi connectivity index (χ1) is 14.1. The van der Waals surface area contributed by atoms with E-state index in [0.717, 1.165) is 54.5 Å². The number of para-hydroxylation sites is 1. The van der Waals surface area contributed by atoms with Gasteiger partial charge in [-0.1, -0.05) is 23.4 Å². The molecule has 0 atom stereocenters. The van der Waals surface area contributed by atoms with E-state index in [4.69, 9.17) is 9.52 Å². The van der Waals surface area contributed by atoms with E-state index in [0.29, 0.717) is 18.3 Å². The normalized spacial score (nSPS) is 11.3. The van der Waals surface area contributed by atoms with Gasteiger partial charge in [0, 0.05) is 25.2 Å². The number of rotatable bonds is 8. The van der Waals surface area contributed by atoms with Crippen molar-refractivity contribution in [2.75, 3.05) is 13.1 Å². The van der Waals surface area contributed by atoms with Gasteiger partial charge < -0.3 is 15.2 Å². The van der Waals surface area contributed by atoms with Gasteiger partial charge in [-0.3, -0.25) is 0 Å². The van der Waals surface area contributed by atoms with Gasteiger partial charge in [-0.15, -0.1) is 24.0 Å². The molecule has 0 aliphatic heterocycles. The number of benzene rings is 1. The molecule has 162 valence electrons. The van der Waals surface area contributed by atoms with Gasteiger partial charge in [0.1, 0.15) is 0 Å². The number of aromatic nitrogens is 4. The third-order valence-corrected chi connectivity index (χ3v) is 4.41. The maximum Gasteiger partial charge on any atom is 0.226 e. The van der Waals surface area contributed by atoms with Crippen molar-refractivity contribution in [3.63, 3.8) is 0 Å². The molecule has 3 rings (SSSR count). The smallest absolute Gasteiger partial charge is 0.226 e. The Labute approximate surface area is 194 Å². The van der Waals surface area contributed by atoms with E-state index in [2.05, 4.69) is 57.9 Å². The Morgan fingerprint density at radius 1 is 1.17 bits per heavy atom. The largest absolute Gasteiger partial charge is 0.357 e. The van der Waals surface area contributed by atoms with Crippen LogP contribution in [0.4, 0.5) is 0 Å². The predicted molar refractivity (Wildman–Crippen MR) is 129 cm³/mol. The second-order valence-corrected chi connectivity index (χ2v) is 6.93. The fraction of sp³-hybridized carbons (Fsp3) is 0.429. The highest BCUT2D eigenvalue weighted by molar-refractivity contribution is 14.0. The minimum Gasteiger partial charge on any atom is -0.357 e. The minimum atomic E-state index is 0. The molecule has 2 heterocycles. The lowest BCUT2D eigenvalue weighted by Gasteiger charge is -2.13. The zero-order valence-corrected chi connectivity index (χ0v) is 20.3. The van der Waals surface area contributed by atoms with E-state index in [1.807, 2.05) is 30.7 Å². The quantitative estimate of drug-likeness (QED) is 0.203. The summed E-state index contributed by atoms with van der Waals surface area (Å²) in [5.74, 6) is 2.13. The number of hydrogen-bond acceptors (Lipinski definition) is 5. The van der Waals surface area contributed by atoms with Gasteiger partial charge >= 0.3 is 0 Å². The van der Waals surface area contributed by atoms with Crippen molar-refractivity contribution in [2.45, 2.75) is 47.1 Å². The number of aryl methyl sites for hydroxylation is 4. The molecule has 0 fully saturated rings. The molecule has 9 heteroatoms. The summed E-state index contributed by atoms with van der Waals surface area (Å²) < 4.78 is 7.13. The molecule has 0 aliphatic rings. The van der Waals surface area contributed by atoms with Gasteiger partial charge in [0.15, 0.2) is 11.8 Å². The maximum absolute atomic E-state index is 5.15. The summed E-state index contributed by atoms with van der Waals surface area (Å²) in [5, 5.41) is 15.1. The van der Waals surface area contributed by atoms with E-state index >= 15 is 0 Å². The van der Waals surface area contributed by atoms with Crippen LogP contribution in [-0.2, 0) is 13.0 Å². The van der Waals surface area contributed by atoms with Gasteiger partial charge in [0.25, 0.3) is 0 Å². The Morgan fingerprint density at radius 2 is 1.97 bits per heavy atom. The third-order valence-electron chi connectivity index (χ3n) is 4.41. The van der Waals surface area contributed by atoms with Crippen molar-refractivity contribution < 1.29 is 4.52 Å². The van der Waals surface area contributed by atoms with Crippen LogP contribution in [0.2, 0.25) is 0 Å². The SMILES string of the molecule is CCNC(=NCc1ccccc1-n1nc(C)cc1C)NCCCc1nc(C)no1.I. The van der Waals surface area contributed by atoms with Crippen LogP contribution in [0.25, 0.3) is 5.69 Å². The number of aliphatic imine (C=N–C) groups is 1. The number of nitrogens with zero attached hydrogens (tertiary/aromatic N) is 5. The zero-order valence-electron chi connectivity index (χ0n) is 18.0. The zero-order chi connectivity index (χ0) is 20.6. The fourth-order valence-corrected chi connectivity index (χ4v) is 3.12. The van der Waals surface area contributed by atoms with Gasteiger partial charge in [-0.2, -0.15) is 10.1 Å². The molecule has 8 nitrogen and oxygen atoms in total. The van der Waals surface area contributed by atoms with Gasteiger partial charge in [-0.05, 0) is 51.8 Å². The number of nitrogens with one attached hydrogen (secondary N) is 2. The van der Waals surface area contributed by atoms with E-state index < -0.39 is 0 Å². The van der Waals surface area contributed by atoms with E-state index in [1.54, 1.807) is 0 Å². The highest BCUT2D eigenvalue weighted by Gasteiger charge is 2.09. The standard InChI is InChI=1S/C21H29N7O.HI/c1-5-22-21(23-12-8-11-20-25-17(4)27-29-20)24-14-18-9-6-7-10-19(18)28-16(3)13-15(2)26-28;/h6-7,9-10,13H,5,8,11-12,14H2,1-4H3,(H2,22,23,24);1H. The van der Waals surface area contributed by atoms with E-state index in [-0.39, 0.29) is 24.0 Å². The van der Waals surface area contributed by atoms with Crippen LogP contribution in [0.3, 0.4) is 0 Å². The first-order valence-electron chi connectivity index (χ1n) is 9.99. The van der Waals surface area contributed by atoms with Gasteiger partial charge in [-0.25, -0.2) is 9.67 Å². The Balaban J connectivity index is 0.00000320. The highest BCUT2D eigenvalue weighted by Crippen LogP contribution is 2.17. The van der Waals surface area contributed by atoms with E-state index in [9.17, 15) is 0 Å². The number of halogens is 1. The molecule has 0 saturated heterocycles. The van der Waals surface area contributed by atoms with Crippen molar-refractivity contribution in [1.82, 2.24) is 30.6 Å². The predicted octanol–water partition coefficient (Wildman–Crippen LogP) is 3.49. The Bertz CT molecular complexity index is 964. The summed E-state index contributed by atoms with van der Waals surface area (Å²) >= 11 is 0. The van der Waals surface area contributed by atoms with Crippen LogP contribution >= 0.6 is 24.0 Å². The molecule has 0 spiro atoms. The molecule has 3 aromatic rings. The van der Waals surface area contributed by atoms with Crippen molar-refractivity contribution >= 4 is 29.9 Å². The second kappa shape index (κ2) is 11.7. The third kappa shape index (κ3) is 6.54. The van der Waals surface area contributed by atoms with Crippen LogP contribution in [0.5, 0.6) is 0 Å². The topological polar surface area (TPSA) is 93.2 Å². The number of hydrogen-bond donors (Lipinski definition) is 2. The molecular formula is C21H30IN7O. The van der Waals surface area contributed by atoms with Gasteiger partial charge in [0.05, 0.1) is 17.9 Å².